The van der Waals surface area contributed by atoms with Crippen molar-refractivity contribution < 1.29 is 4.74 Å². The van der Waals surface area contributed by atoms with Crippen LogP contribution in [0.4, 0.5) is 11.5 Å². The summed E-state index contributed by atoms with van der Waals surface area (Å²) in [5.74, 6) is 1.30. The molecule has 0 aliphatic heterocycles. The van der Waals surface area contributed by atoms with Gasteiger partial charge >= 0.3 is 0 Å². The number of hydrogen-bond donors (Lipinski definition) is 1. The van der Waals surface area contributed by atoms with Crippen molar-refractivity contribution in [2.24, 2.45) is 0 Å². The first-order chi connectivity index (χ1) is 8.74. The number of nitrogens with zero attached hydrogens (tertiary/aromatic N) is 3. The van der Waals surface area contributed by atoms with Crippen molar-refractivity contribution in [3.05, 3.63) is 39.9 Å². The smallest absolute Gasteiger partial charge is 0.147 e. The molecule has 1 N–H and O–H groups in total. The van der Waals surface area contributed by atoms with E-state index in [9.17, 15) is 0 Å². The first kappa shape index (κ1) is 12.6. The first-order valence-corrected chi connectivity index (χ1v) is 6.13. The van der Waals surface area contributed by atoms with Gasteiger partial charge in [0.1, 0.15) is 17.9 Å². The number of hydrogen-bond acceptors (Lipinski definition) is 5. The van der Waals surface area contributed by atoms with Crippen LogP contribution in [0.3, 0.4) is 0 Å². The van der Waals surface area contributed by atoms with Gasteiger partial charge in [-0.2, -0.15) is 5.26 Å². The summed E-state index contributed by atoms with van der Waals surface area (Å²) in [7, 11) is 1.56. The minimum Gasteiger partial charge on any atom is -0.495 e. The van der Waals surface area contributed by atoms with E-state index in [-0.39, 0.29) is 0 Å². The standard InChI is InChI=1S/C12H9IN4O/c1-18-11-4-8(5-14)2-3-10(11)17-12-9(13)6-15-7-16-12/h2-4,6-7H,1H3,(H,15,16,17). The van der Waals surface area contributed by atoms with Gasteiger partial charge in [0.25, 0.3) is 0 Å². The van der Waals surface area contributed by atoms with E-state index >= 15 is 0 Å². The van der Waals surface area contributed by atoms with Gasteiger partial charge in [-0.3, -0.25) is 0 Å². The minimum absolute atomic E-state index is 0.551. The van der Waals surface area contributed by atoms with E-state index in [0.717, 1.165) is 9.26 Å². The highest BCUT2D eigenvalue weighted by molar-refractivity contribution is 14.1. The van der Waals surface area contributed by atoms with Crippen LogP contribution in [0.25, 0.3) is 0 Å². The molecule has 0 spiro atoms. The van der Waals surface area contributed by atoms with Crippen molar-refractivity contribution in [3.63, 3.8) is 0 Å². The predicted molar refractivity (Wildman–Crippen MR) is 75.7 cm³/mol. The maximum atomic E-state index is 8.83. The number of benzene rings is 1. The van der Waals surface area contributed by atoms with E-state index in [4.69, 9.17) is 10.00 Å². The normalized spacial score (nSPS) is 9.61. The molecule has 5 nitrogen and oxygen atoms in total. The Labute approximate surface area is 118 Å². The molecule has 1 heterocycles. The summed E-state index contributed by atoms with van der Waals surface area (Å²) in [6.45, 7) is 0. The van der Waals surface area contributed by atoms with E-state index in [0.29, 0.717) is 17.1 Å². The maximum Gasteiger partial charge on any atom is 0.147 e. The monoisotopic (exact) mass is 352 g/mol. The number of anilines is 2. The molecule has 1 aromatic heterocycles. The molecule has 0 aliphatic carbocycles. The average Bonchev–Trinajstić information content (AvgIpc) is 2.41. The van der Waals surface area contributed by atoms with E-state index in [1.807, 2.05) is 0 Å². The molecule has 18 heavy (non-hydrogen) atoms. The Morgan fingerprint density at radius 2 is 2.28 bits per heavy atom. The van der Waals surface area contributed by atoms with Crippen molar-refractivity contribution in [2.75, 3.05) is 12.4 Å². The lowest BCUT2D eigenvalue weighted by Crippen LogP contribution is -1.99. The molecule has 6 heteroatoms. The van der Waals surface area contributed by atoms with Crippen molar-refractivity contribution in [2.45, 2.75) is 0 Å². The summed E-state index contributed by atoms with van der Waals surface area (Å²) in [6.07, 6.45) is 3.19. The molecular formula is C12H9IN4O. The highest BCUT2D eigenvalue weighted by atomic mass is 127. The van der Waals surface area contributed by atoms with Crippen molar-refractivity contribution in [1.82, 2.24) is 9.97 Å². The number of aromatic nitrogens is 2. The van der Waals surface area contributed by atoms with E-state index in [1.54, 1.807) is 31.5 Å². The van der Waals surface area contributed by atoms with Crippen LogP contribution in [0, 0.1) is 14.9 Å². The molecule has 1 aromatic carbocycles. The lowest BCUT2D eigenvalue weighted by atomic mass is 10.2. The van der Waals surface area contributed by atoms with E-state index in [2.05, 4.69) is 43.9 Å². The lowest BCUT2D eigenvalue weighted by molar-refractivity contribution is 0.416. The fourth-order valence-corrected chi connectivity index (χ4v) is 1.83. The van der Waals surface area contributed by atoms with Gasteiger partial charge in [-0.1, -0.05) is 0 Å². The van der Waals surface area contributed by atoms with E-state index < -0.39 is 0 Å². The Bertz CT molecular complexity index is 609. The fourth-order valence-electron chi connectivity index (χ4n) is 1.40. The van der Waals surface area contributed by atoms with Crippen LogP contribution in [-0.4, -0.2) is 17.1 Å². The van der Waals surface area contributed by atoms with Crippen molar-refractivity contribution >= 4 is 34.1 Å². The highest BCUT2D eigenvalue weighted by Gasteiger charge is 2.07. The number of ether oxygens (including phenoxy) is 1. The zero-order chi connectivity index (χ0) is 13.0. The summed E-state index contributed by atoms with van der Waals surface area (Å²) in [5.41, 5.74) is 1.31. The predicted octanol–water partition coefficient (Wildman–Crippen LogP) is 2.71. The minimum atomic E-state index is 0.551. The third-order valence-corrected chi connectivity index (χ3v) is 3.04. The van der Waals surface area contributed by atoms with Crippen molar-refractivity contribution in [1.29, 1.82) is 5.26 Å². The summed E-state index contributed by atoms with van der Waals surface area (Å²) < 4.78 is 6.14. The summed E-state index contributed by atoms with van der Waals surface area (Å²) in [6, 6.07) is 7.25. The number of methoxy groups -OCH3 is 1. The number of halogens is 1. The van der Waals surface area contributed by atoms with Gasteiger partial charge in [-0.25, -0.2) is 9.97 Å². The van der Waals surface area contributed by atoms with Gasteiger partial charge in [-0.05, 0) is 34.7 Å². The Morgan fingerprint density at radius 3 is 2.94 bits per heavy atom. The second-order valence-corrected chi connectivity index (χ2v) is 4.53. The van der Waals surface area contributed by atoms with Crippen LogP contribution in [0.5, 0.6) is 5.75 Å². The van der Waals surface area contributed by atoms with Crippen LogP contribution >= 0.6 is 22.6 Å². The van der Waals surface area contributed by atoms with Gasteiger partial charge in [0.05, 0.1) is 28.0 Å². The average molecular weight is 352 g/mol. The molecule has 0 saturated carbocycles. The van der Waals surface area contributed by atoms with Gasteiger partial charge in [0, 0.05) is 12.3 Å². The molecule has 0 radical (unpaired) electrons. The Balaban J connectivity index is 2.35. The molecule has 0 fully saturated rings. The molecule has 2 rings (SSSR count). The lowest BCUT2D eigenvalue weighted by Gasteiger charge is -2.11. The second kappa shape index (κ2) is 5.64. The third-order valence-electron chi connectivity index (χ3n) is 2.25. The first-order valence-electron chi connectivity index (χ1n) is 5.05. The topological polar surface area (TPSA) is 70.8 Å². The van der Waals surface area contributed by atoms with Crippen LogP contribution < -0.4 is 10.1 Å². The summed E-state index contributed by atoms with van der Waals surface area (Å²) in [4.78, 5) is 8.06. The molecule has 0 aliphatic rings. The van der Waals surface area contributed by atoms with Crippen molar-refractivity contribution in [3.8, 4) is 11.8 Å². The Hall–Kier alpha value is -1.88. The Kier molecular flexibility index (Phi) is 3.94. The van der Waals surface area contributed by atoms with Gasteiger partial charge in [0.2, 0.25) is 0 Å². The molecule has 0 amide bonds. The third kappa shape index (κ3) is 2.68. The van der Waals surface area contributed by atoms with E-state index in [1.165, 1.54) is 6.33 Å². The molecule has 0 bridgehead atoms. The number of nitrogens with one attached hydrogen (secondary N) is 1. The van der Waals surface area contributed by atoms with Gasteiger partial charge in [-0.15, -0.1) is 0 Å². The number of nitriles is 1. The van der Waals surface area contributed by atoms with Gasteiger partial charge in [0.15, 0.2) is 0 Å². The molecule has 0 unspecified atom stereocenters. The molecule has 0 saturated heterocycles. The van der Waals surface area contributed by atoms with Crippen LogP contribution in [0.1, 0.15) is 5.56 Å². The molecule has 2 aromatic rings. The maximum absolute atomic E-state index is 8.83. The van der Waals surface area contributed by atoms with Gasteiger partial charge < -0.3 is 10.1 Å². The quantitative estimate of drug-likeness (QED) is 0.861. The molecule has 0 atom stereocenters. The summed E-state index contributed by atoms with van der Waals surface area (Å²) >= 11 is 2.14. The zero-order valence-electron chi connectivity index (χ0n) is 9.51. The molecule has 90 valence electrons. The van der Waals surface area contributed by atoms with Crippen LogP contribution in [-0.2, 0) is 0 Å². The van der Waals surface area contributed by atoms with Crippen LogP contribution in [0.2, 0.25) is 0 Å². The summed E-state index contributed by atoms with van der Waals surface area (Å²) in [5, 5.41) is 12.0. The Morgan fingerprint density at radius 1 is 1.44 bits per heavy atom. The second-order valence-electron chi connectivity index (χ2n) is 3.37. The molecular weight excluding hydrogens is 343 g/mol. The fraction of sp³-hybridized carbons (Fsp3) is 0.0833. The highest BCUT2D eigenvalue weighted by Crippen LogP contribution is 2.29. The zero-order valence-corrected chi connectivity index (χ0v) is 11.7. The largest absolute Gasteiger partial charge is 0.495 e. The number of rotatable bonds is 3. The van der Waals surface area contributed by atoms with Crippen LogP contribution in [0.15, 0.2) is 30.7 Å². The SMILES string of the molecule is COc1cc(C#N)ccc1Nc1ncncc1I.